The third-order valence-electron chi connectivity index (χ3n) is 4.40. The summed E-state index contributed by atoms with van der Waals surface area (Å²) in [5.74, 6) is 0.164. The molecule has 1 amide bonds. The first-order valence-corrected chi connectivity index (χ1v) is 7.45. The van der Waals surface area contributed by atoms with Gasteiger partial charge in [-0.1, -0.05) is 0 Å². The molecule has 2 aliphatic heterocycles. The van der Waals surface area contributed by atoms with Crippen molar-refractivity contribution in [2.45, 2.75) is 50.7 Å². The van der Waals surface area contributed by atoms with Crippen molar-refractivity contribution in [2.24, 2.45) is 0 Å². The predicted molar refractivity (Wildman–Crippen MR) is 74.0 cm³/mol. The highest BCUT2D eigenvalue weighted by Gasteiger charge is 2.33. The number of rotatable bonds is 3. The van der Waals surface area contributed by atoms with E-state index in [1.807, 2.05) is 4.90 Å². The minimum atomic E-state index is -0.176. The van der Waals surface area contributed by atoms with Crippen molar-refractivity contribution in [2.75, 3.05) is 13.2 Å². The molecule has 1 aromatic rings. The van der Waals surface area contributed by atoms with Gasteiger partial charge in [0, 0.05) is 32.2 Å². The van der Waals surface area contributed by atoms with E-state index in [9.17, 15) is 4.79 Å². The smallest absolute Gasteiger partial charge is 0.240 e. The molecule has 2 unspecified atom stereocenters. The Hall–Kier alpha value is -1.40. The third-order valence-corrected chi connectivity index (χ3v) is 4.40. The maximum Gasteiger partial charge on any atom is 0.240 e. The Bertz CT molecular complexity index is 471. The van der Waals surface area contributed by atoms with Gasteiger partial charge in [0.15, 0.2) is 0 Å². The number of likely N-dealkylation sites (tertiary alicyclic amines) is 1. The molecule has 0 bridgehead atoms. The summed E-state index contributed by atoms with van der Waals surface area (Å²) >= 11 is 0. The van der Waals surface area contributed by atoms with E-state index in [1.54, 1.807) is 6.33 Å². The lowest BCUT2D eigenvalue weighted by Crippen LogP contribution is -2.54. The molecule has 1 fully saturated rings. The number of fused-ring (bicyclic) bond motifs is 1. The zero-order valence-electron chi connectivity index (χ0n) is 11.6. The Labute approximate surface area is 118 Å². The highest BCUT2D eigenvalue weighted by atomic mass is 16.3. The van der Waals surface area contributed by atoms with Gasteiger partial charge in [-0.25, -0.2) is 4.98 Å². The van der Waals surface area contributed by atoms with Crippen LogP contribution >= 0.6 is 0 Å². The molecule has 0 spiro atoms. The van der Waals surface area contributed by atoms with Crippen LogP contribution in [0.4, 0.5) is 0 Å². The van der Waals surface area contributed by atoms with Gasteiger partial charge in [0.1, 0.15) is 0 Å². The molecule has 6 nitrogen and oxygen atoms in total. The number of carbonyl (C=O) groups is 1. The zero-order valence-corrected chi connectivity index (χ0v) is 11.6. The Morgan fingerprint density at radius 2 is 2.40 bits per heavy atom. The number of aliphatic hydroxyl groups is 1. The number of aliphatic hydroxyl groups excluding tert-OH is 1. The summed E-state index contributed by atoms with van der Waals surface area (Å²) in [4.78, 5) is 22.1. The fourth-order valence-electron chi connectivity index (χ4n) is 3.28. The second-order valence-electron chi connectivity index (χ2n) is 5.66. The average Bonchev–Trinajstić information content (AvgIpc) is 2.95. The molecule has 6 heteroatoms. The summed E-state index contributed by atoms with van der Waals surface area (Å²) in [5.41, 5.74) is 2.08. The molecule has 110 valence electrons. The van der Waals surface area contributed by atoms with E-state index in [1.165, 1.54) is 0 Å². The fourth-order valence-corrected chi connectivity index (χ4v) is 3.28. The van der Waals surface area contributed by atoms with Gasteiger partial charge in [0.25, 0.3) is 0 Å². The fraction of sp³-hybridized carbons (Fsp3) is 0.714. The van der Waals surface area contributed by atoms with Crippen LogP contribution in [0.5, 0.6) is 0 Å². The highest BCUT2D eigenvalue weighted by Crippen LogP contribution is 2.22. The molecule has 1 saturated heterocycles. The van der Waals surface area contributed by atoms with Crippen LogP contribution in [-0.2, 0) is 17.8 Å². The summed E-state index contributed by atoms with van der Waals surface area (Å²) in [6, 6.07) is 0.0220. The van der Waals surface area contributed by atoms with Gasteiger partial charge in [-0.3, -0.25) is 10.1 Å². The van der Waals surface area contributed by atoms with E-state index in [-0.39, 0.29) is 24.6 Å². The molecule has 0 radical (unpaired) electrons. The van der Waals surface area contributed by atoms with Gasteiger partial charge in [0.05, 0.1) is 23.8 Å². The molecule has 0 aliphatic carbocycles. The van der Waals surface area contributed by atoms with Gasteiger partial charge in [-0.05, 0) is 25.7 Å². The molecule has 3 N–H and O–H groups in total. The number of hydrogen-bond donors (Lipinski definition) is 3. The molecule has 1 aromatic heterocycles. The summed E-state index contributed by atoms with van der Waals surface area (Å²) in [6.07, 6.45) is 6.25. The second-order valence-corrected chi connectivity index (χ2v) is 5.66. The Kier molecular flexibility index (Phi) is 4.03. The van der Waals surface area contributed by atoms with Gasteiger partial charge >= 0.3 is 0 Å². The van der Waals surface area contributed by atoms with Crippen LogP contribution in [0, 0.1) is 0 Å². The van der Waals surface area contributed by atoms with E-state index >= 15 is 0 Å². The number of piperidine rings is 1. The summed E-state index contributed by atoms with van der Waals surface area (Å²) in [6.45, 7) is 1.63. The van der Waals surface area contributed by atoms with Crippen molar-refractivity contribution in [3.63, 3.8) is 0 Å². The number of nitrogens with zero attached hydrogens (tertiary/aromatic N) is 2. The molecular formula is C14H22N4O2. The second kappa shape index (κ2) is 5.93. The number of aromatic nitrogens is 2. The van der Waals surface area contributed by atoms with Crippen LogP contribution in [0.2, 0.25) is 0 Å². The van der Waals surface area contributed by atoms with Crippen LogP contribution in [0.1, 0.15) is 37.1 Å². The van der Waals surface area contributed by atoms with Crippen molar-refractivity contribution in [1.29, 1.82) is 0 Å². The van der Waals surface area contributed by atoms with E-state index in [2.05, 4.69) is 15.3 Å². The molecular weight excluding hydrogens is 256 g/mol. The molecule has 0 saturated carbocycles. The van der Waals surface area contributed by atoms with Crippen LogP contribution < -0.4 is 5.32 Å². The van der Waals surface area contributed by atoms with Gasteiger partial charge in [-0.15, -0.1) is 0 Å². The van der Waals surface area contributed by atoms with Gasteiger partial charge in [0.2, 0.25) is 5.91 Å². The molecule has 2 aliphatic rings. The zero-order chi connectivity index (χ0) is 13.9. The largest absolute Gasteiger partial charge is 0.396 e. The summed E-state index contributed by atoms with van der Waals surface area (Å²) in [7, 11) is 0. The van der Waals surface area contributed by atoms with Crippen molar-refractivity contribution in [3.8, 4) is 0 Å². The first-order valence-electron chi connectivity index (χ1n) is 7.45. The van der Waals surface area contributed by atoms with Gasteiger partial charge < -0.3 is 15.0 Å². The van der Waals surface area contributed by atoms with E-state index in [4.69, 9.17) is 5.11 Å². The monoisotopic (exact) mass is 278 g/mol. The standard InChI is InChI=1S/C14H22N4O2/c19-6-4-10-3-1-2-5-18(10)14(20)12-7-11-13(8-15-12)17-9-16-11/h9-10,12,15,19H,1-8H2,(H,16,17). The number of nitrogens with one attached hydrogen (secondary N) is 2. The normalized spacial score (nSPS) is 26.4. The van der Waals surface area contributed by atoms with Crippen molar-refractivity contribution in [3.05, 3.63) is 17.7 Å². The van der Waals surface area contributed by atoms with E-state index in [0.29, 0.717) is 19.4 Å². The average molecular weight is 278 g/mol. The van der Waals surface area contributed by atoms with Gasteiger partial charge in [-0.2, -0.15) is 0 Å². The Morgan fingerprint density at radius 1 is 1.50 bits per heavy atom. The van der Waals surface area contributed by atoms with Crippen LogP contribution in [-0.4, -0.2) is 51.1 Å². The lowest BCUT2D eigenvalue weighted by molar-refractivity contribution is -0.137. The highest BCUT2D eigenvalue weighted by molar-refractivity contribution is 5.83. The molecule has 3 rings (SSSR count). The van der Waals surface area contributed by atoms with Crippen LogP contribution in [0.3, 0.4) is 0 Å². The number of amides is 1. The predicted octanol–water partition coefficient (Wildman–Crippen LogP) is 0.188. The Balaban J connectivity index is 1.68. The van der Waals surface area contributed by atoms with Crippen molar-refractivity contribution >= 4 is 5.91 Å². The van der Waals surface area contributed by atoms with Crippen molar-refractivity contribution in [1.82, 2.24) is 20.2 Å². The molecule has 20 heavy (non-hydrogen) atoms. The number of H-pyrrole nitrogens is 1. The number of hydrogen-bond acceptors (Lipinski definition) is 4. The number of aromatic amines is 1. The SMILES string of the molecule is O=C(C1Cc2nc[nH]c2CN1)N1CCCCC1CCO. The topological polar surface area (TPSA) is 81.2 Å². The molecule has 0 aromatic carbocycles. The summed E-state index contributed by atoms with van der Waals surface area (Å²) in [5, 5.41) is 12.5. The lowest BCUT2D eigenvalue weighted by Gasteiger charge is -2.38. The first kappa shape index (κ1) is 13.6. The first-order chi connectivity index (χ1) is 9.79. The van der Waals surface area contributed by atoms with Crippen molar-refractivity contribution < 1.29 is 9.90 Å². The number of imidazole rings is 1. The third kappa shape index (κ3) is 2.58. The maximum absolute atomic E-state index is 12.7. The summed E-state index contributed by atoms with van der Waals surface area (Å²) < 4.78 is 0. The van der Waals surface area contributed by atoms with E-state index in [0.717, 1.165) is 37.2 Å². The van der Waals surface area contributed by atoms with Crippen LogP contribution in [0.25, 0.3) is 0 Å². The minimum absolute atomic E-state index is 0.149. The quantitative estimate of drug-likeness (QED) is 0.737. The Morgan fingerprint density at radius 3 is 3.25 bits per heavy atom. The maximum atomic E-state index is 12.7. The number of carbonyl (C=O) groups excluding carboxylic acids is 1. The molecule has 3 heterocycles. The van der Waals surface area contributed by atoms with Crippen LogP contribution in [0.15, 0.2) is 6.33 Å². The van der Waals surface area contributed by atoms with E-state index < -0.39 is 0 Å². The molecule has 2 atom stereocenters. The minimum Gasteiger partial charge on any atom is -0.396 e. The lowest BCUT2D eigenvalue weighted by atomic mass is 9.96.